The van der Waals surface area contributed by atoms with Gasteiger partial charge >= 0.3 is 0 Å². The van der Waals surface area contributed by atoms with Gasteiger partial charge in [-0.2, -0.15) is 0 Å². The average molecular weight is 281 g/mol. The summed E-state index contributed by atoms with van der Waals surface area (Å²) in [6.07, 6.45) is 3.38. The lowest BCUT2D eigenvalue weighted by Crippen LogP contribution is -2.36. The molecule has 3 nitrogen and oxygen atoms in total. The molecule has 106 valence electrons. The quantitative estimate of drug-likeness (QED) is 0.851. The van der Waals surface area contributed by atoms with E-state index in [2.05, 4.69) is 31.0 Å². The molecule has 1 aliphatic carbocycles. The molecule has 0 unspecified atom stereocenters. The molecule has 4 heteroatoms. The first-order valence-corrected chi connectivity index (χ1v) is 8.76. The van der Waals surface area contributed by atoms with Crippen LogP contribution in [0, 0.1) is 5.92 Å². The Bertz CT molecular complexity index is 460. The molecule has 3 rings (SSSR count). The highest BCUT2D eigenvalue weighted by Crippen LogP contribution is 2.47. The van der Waals surface area contributed by atoms with Crippen molar-refractivity contribution in [3.05, 3.63) is 23.7 Å². The summed E-state index contributed by atoms with van der Waals surface area (Å²) in [4.78, 5) is 2.36. The SMILES string of the molecule is C[C@@H]1C[C@@H]1c1ccc(CN(C)C2CCS(=O)CC2)o1. The van der Waals surface area contributed by atoms with E-state index in [4.69, 9.17) is 4.42 Å². The van der Waals surface area contributed by atoms with Crippen molar-refractivity contribution < 1.29 is 8.63 Å². The zero-order valence-electron chi connectivity index (χ0n) is 11.8. The monoisotopic (exact) mass is 281 g/mol. The van der Waals surface area contributed by atoms with Crippen molar-refractivity contribution in [2.24, 2.45) is 5.92 Å². The number of hydrogen-bond acceptors (Lipinski definition) is 3. The van der Waals surface area contributed by atoms with Gasteiger partial charge in [0.05, 0.1) is 6.54 Å². The smallest absolute Gasteiger partial charge is 0.118 e. The molecule has 1 aromatic heterocycles. The van der Waals surface area contributed by atoms with Gasteiger partial charge < -0.3 is 4.42 Å². The molecule has 1 saturated carbocycles. The standard InChI is InChI=1S/C15H23NO2S/c1-11-9-14(11)15-4-3-13(18-15)10-16(2)12-5-7-19(17)8-6-12/h3-4,11-12,14H,5-10H2,1-2H3/t11-,12?,14+,19?/m1/s1. The van der Waals surface area contributed by atoms with E-state index >= 15 is 0 Å². The molecule has 1 saturated heterocycles. The second-order valence-electron chi connectivity index (χ2n) is 6.12. The van der Waals surface area contributed by atoms with Crippen LogP contribution in [0.15, 0.2) is 16.5 Å². The van der Waals surface area contributed by atoms with E-state index in [1.54, 1.807) is 0 Å². The minimum Gasteiger partial charge on any atom is -0.464 e. The maximum atomic E-state index is 11.4. The third-order valence-electron chi connectivity index (χ3n) is 4.54. The first kappa shape index (κ1) is 13.4. The Morgan fingerprint density at radius 1 is 1.37 bits per heavy atom. The highest BCUT2D eigenvalue weighted by Gasteiger charge is 2.36. The van der Waals surface area contributed by atoms with Crippen molar-refractivity contribution in [1.82, 2.24) is 4.90 Å². The number of furan rings is 1. The van der Waals surface area contributed by atoms with E-state index in [1.807, 2.05) is 0 Å². The fourth-order valence-electron chi connectivity index (χ4n) is 2.99. The predicted octanol–water partition coefficient (Wildman–Crippen LogP) is 2.75. The molecular formula is C15H23NO2S. The van der Waals surface area contributed by atoms with Crippen LogP contribution < -0.4 is 0 Å². The van der Waals surface area contributed by atoms with Crippen LogP contribution in [0.25, 0.3) is 0 Å². The Labute approximate surface area is 117 Å². The summed E-state index contributed by atoms with van der Waals surface area (Å²) in [5.74, 6) is 5.42. The van der Waals surface area contributed by atoms with Crippen molar-refractivity contribution in [2.45, 2.75) is 44.7 Å². The van der Waals surface area contributed by atoms with Crippen LogP contribution in [-0.4, -0.2) is 33.7 Å². The van der Waals surface area contributed by atoms with Crippen LogP contribution in [0.1, 0.15) is 43.6 Å². The molecular weight excluding hydrogens is 258 g/mol. The van der Waals surface area contributed by atoms with Crippen LogP contribution >= 0.6 is 0 Å². The molecule has 0 bridgehead atoms. The number of nitrogens with zero attached hydrogens (tertiary/aromatic N) is 1. The molecule has 2 aliphatic rings. The third kappa shape index (κ3) is 3.11. The van der Waals surface area contributed by atoms with Gasteiger partial charge in [0.25, 0.3) is 0 Å². The van der Waals surface area contributed by atoms with Gasteiger partial charge in [-0.1, -0.05) is 6.92 Å². The maximum Gasteiger partial charge on any atom is 0.118 e. The lowest BCUT2D eigenvalue weighted by molar-refractivity contribution is 0.202. The molecule has 2 atom stereocenters. The van der Waals surface area contributed by atoms with E-state index < -0.39 is 10.8 Å². The Hall–Kier alpha value is -0.610. The summed E-state index contributed by atoms with van der Waals surface area (Å²) in [6, 6.07) is 4.83. The normalized spacial score (nSPS) is 34.7. The van der Waals surface area contributed by atoms with Crippen LogP contribution in [-0.2, 0) is 17.3 Å². The molecule has 0 aromatic carbocycles. The van der Waals surface area contributed by atoms with Gasteiger partial charge in [0, 0.05) is 34.3 Å². The van der Waals surface area contributed by atoms with Crippen molar-refractivity contribution >= 4 is 10.8 Å². The molecule has 2 heterocycles. The molecule has 2 fully saturated rings. The second kappa shape index (κ2) is 5.41. The van der Waals surface area contributed by atoms with Gasteiger partial charge in [0.2, 0.25) is 0 Å². The van der Waals surface area contributed by atoms with Crippen molar-refractivity contribution in [1.29, 1.82) is 0 Å². The highest BCUT2D eigenvalue weighted by molar-refractivity contribution is 7.85. The molecule has 19 heavy (non-hydrogen) atoms. The van der Waals surface area contributed by atoms with Crippen LogP contribution in [0.4, 0.5) is 0 Å². The van der Waals surface area contributed by atoms with Gasteiger partial charge in [-0.3, -0.25) is 9.11 Å². The van der Waals surface area contributed by atoms with E-state index in [0.29, 0.717) is 12.0 Å². The van der Waals surface area contributed by atoms with E-state index in [9.17, 15) is 4.21 Å². The topological polar surface area (TPSA) is 33.5 Å². The first-order valence-electron chi connectivity index (χ1n) is 7.27. The van der Waals surface area contributed by atoms with Crippen molar-refractivity contribution in [3.63, 3.8) is 0 Å². The van der Waals surface area contributed by atoms with Crippen LogP contribution in [0.3, 0.4) is 0 Å². The molecule has 0 radical (unpaired) electrons. The Morgan fingerprint density at radius 3 is 2.68 bits per heavy atom. The minimum atomic E-state index is -0.572. The number of rotatable bonds is 4. The molecule has 0 spiro atoms. The lowest BCUT2D eigenvalue weighted by Gasteiger charge is -2.30. The van der Waals surface area contributed by atoms with Crippen LogP contribution in [0.5, 0.6) is 0 Å². The molecule has 0 N–H and O–H groups in total. The summed E-state index contributed by atoms with van der Waals surface area (Å²) >= 11 is 0. The first-order chi connectivity index (χ1) is 9.13. The van der Waals surface area contributed by atoms with Gasteiger partial charge in [-0.05, 0) is 44.4 Å². The predicted molar refractivity (Wildman–Crippen MR) is 77.6 cm³/mol. The highest BCUT2D eigenvalue weighted by atomic mass is 32.2. The molecule has 1 aromatic rings. The Kier molecular flexibility index (Phi) is 3.81. The summed E-state index contributed by atoms with van der Waals surface area (Å²) in [5, 5.41) is 0. The fourth-order valence-corrected chi connectivity index (χ4v) is 4.27. The van der Waals surface area contributed by atoms with Crippen molar-refractivity contribution in [2.75, 3.05) is 18.6 Å². The van der Waals surface area contributed by atoms with Crippen LogP contribution in [0.2, 0.25) is 0 Å². The van der Waals surface area contributed by atoms with Crippen molar-refractivity contribution in [3.8, 4) is 0 Å². The van der Waals surface area contributed by atoms with Gasteiger partial charge in [-0.25, -0.2) is 0 Å². The fraction of sp³-hybridized carbons (Fsp3) is 0.733. The Balaban J connectivity index is 1.55. The van der Waals surface area contributed by atoms with E-state index in [0.717, 1.165) is 42.6 Å². The third-order valence-corrected chi connectivity index (χ3v) is 5.93. The zero-order valence-corrected chi connectivity index (χ0v) is 12.6. The van der Waals surface area contributed by atoms with E-state index in [-0.39, 0.29) is 0 Å². The molecule has 0 amide bonds. The summed E-state index contributed by atoms with van der Waals surface area (Å²) in [7, 11) is 1.58. The summed E-state index contributed by atoms with van der Waals surface area (Å²) < 4.78 is 17.3. The van der Waals surface area contributed by atoms with Gasteiger partial charge in [0.1, 0.15) is 11.5 Å². The maximum absolute atomic E-state index is 11.4. The Morgan fingerprint density at radius 2 is 2.05 bits per heavy atom. The summed E-state index contributed by atoms with van der Waals surface area (Å²) in [6.45, 7) is 3.15. The average Bonchev–Trinajstić information content (AvgIpc) is 2.94. The van der Waals surface area contributed by atoms with E-state index in [1.165, 1.54) is 12.2 Å². The van der Waals surface area contributed by atoms with Gasteiger partial charge in [0.15, 0.2) is 0 Å². The summed E-state index contributed by atoms with van der Waals surface area (Å²) in [5.41, 5.74) is 0. The largest absolute Gasteiger partial charge is 0.464 e. The second-order valence-corrected chi connectivity index (χ2v) is 7.81. The minimum absolute atomic E-state index is 0.561. The lowest BCUT2D eigenvalue weighted by atomic mass is 10.1. The molecule has 1 aliphatic heterocycles. The zero-order chi connectivity index (χ0) is 13.4. The number of hydrogen-bond donors (Lipinski definition) is 0. The van der Waals surface area contributed by atoms with Gasteiger partial charge in [-0.15, -0.1) is 0 Å².